The number of aliphatic hydroxyl groups excluding tert-OH is 1. The average Bonchev–Trinajstić information content (AvgIpc) is 2.48. The molecular formula is C19H30N2O3. The number of carbonyl (C=O) groups excluding carboxylic acids is 2. The van der Waals surface area contributed by atoms with E-state index in [0.29, 0.717) is 30.9 Å². The predicted octanol–water partition coefficient (Wildman–Crippen LogP) is 3.12. The maximum absolute atomic E-state index is 12.1. The second kappa shape index (κ2) is 9.42. The molecule has 1 atom stereocenters. The molecule has 0 heterocycles. The summed E-state index contributed by atoms with van der Waals surface area (Å²) < 4.78 is 0. The molecule has 1 aromatic rings. The highest BCUT2D eigenvalue weighted by molar-refractivity contribution is 5.96. The van der Waals surface area contributed by atoms with Crippen molar-refractivity contribution >= 4 is 17.5 Å². The van der Waals surface area contributed by atoms with E-state index in [1.807, 2.05) is 34.6 Å². The summed E-state index contributed by atoms with van der Waals surface area (Å²) in [6, 6.07) is 5.22. The Hall–Kier alpha value is -1.88. The van der Waals surface area contributed by atoms with Crippen LogP contribution in [0.25, 0.3) is 0 Å². The fraction of sp³-hybridized carbons (Fsp3) is 0.579. The van der Waals surface area contributed by atoms with Gasteiger partial charge in [0.2, 0.25) is 5.91 Å². The van der Waals surface area contributed by atoms with Crippen LogP contribution in [0.5, 0.6) is 0 Å². The topological polar surface area (TPSA) is 78.4 Å². The van der Waals surface area contributed by atoms with Gasteiger partial charge in [-0.3, -0.25) is 9.59 Å². The Balaban J connectivity index is 2.60. The van der Waals surface area contributed by atoms with E-state index < -0.39 is 6.10 Å². The first-order valence-corrected chi connectivity index (χ1v) is 8.57. The van der Waals surface area contributed by atoms with Gasteiger partial charge in [-0.05, 0) is 48.9 Å². The van der Waals surface area contributed by atoms with Crippen molar-refractivity contribution in [1.82, 2.24) is 5.32 Å². The highest BCUT2D eigenvalue weighted by atomic mass is 16.3. The van der Waals surface area contributed by atoms with Crippen LogP contribution in [-0.4, -0.2) is 29.6 Å². The van der Waals surface area contributed by atoms with Crippen LogP contribution in [0.1, 0.15) is 56.5 Å². The molecule has 0 saturated heterocycles. The van der Waals surface area contributed by atoms with Crippen molar-refractivity contribution in [3.8, 4) is 0 Å². The smallest absolute Gasteiger partial charge is 0.251 e. The number of hydrogen-bond acceptors (Lipinski definition) is 3. The SMILES string of the molecule is Cc1cc(C(=O)NCCC(O)C(C)C)ccc1NC(=O)CC(C)C. The van der Waals surface area contributed by atoms with Crippen LogP contribution in [-0.2, 0) is 4.79 Å². The maximum atomic E-state index is 12.1. The molecule has 0 saturated carbocycles. The third kappa shape index (κ3) is 6.71. The maximum Gasteiger partial charge on any atom is 0.251 e. The van der Waals surface area contributed by atoms with Gasteiger partial charge >= 0.3 is 0 Å². The molecule has 134 valence electrons. The fourth-order valence-corrected chi connectivity index (χ4v) is 2.29. The van der Waals surface area contributed by atoms with E-state index in [4.69, 9.17) is 0 Å². The summed E-state index contributed by atoms with van der Waals surface area (Å²) in [6.07, 6.45) is 0.594. The van der Waals surface area contributed by atoms with E-state index in [1.54, 1.807) is 18.2 Å². The molecule has 5 heteroatoms. The number of benzene rings is 1. The van der Waals surface area contributed by atoms with Gasteiger partial charge in [0.05, 0.1) is 6.10 Å². The predicted molar refractivity (Wildman–Crippen MR) is 97.1 cm³/mol. The number of hydrogen-bond donors (Lipinski definition) is 3. The Morgan fingerprint density at radius 3 is 2.38 bits per heavy atom. The van der Waals surface area contributed by atoms with E-state index in [0.717, 1.165) is 11.3 Å². The quantitative estimate of drug-likeness (QED) is 0.683. The summed E-state index contributed by atoms with van der Waals surface area (Å²) >= 11 is 0. The average molecular weight is 334 g/mol. The molecule has 1 rings (SSSR count). The van der Waals surface area contributed by atoms with Crippen molar-refractivity contribution in [2.24, 2.45) is 11.8 Å². The molecule has 0 aliphatic heterocycles. The first-order valence-electron chi connectivity index (χ1n) is 8.57. The Bertz CT molecular complexity index is 568. The Kier molecular flexibility index (Phi) is 7.92. The molecule has 0 aliphatic carbocycles. The van der Waals surface area contributed by atoms with E-state index >= 15 is 0 Å². The highest BCUT2D eigenvalue weighted by Gasteiger charge is 2.12. The van der Waals surface area contributed by atoms with Crippen LogP contribution in [0, 0.1) is 18.8 Å². The van der Waals surface area contributed by atoms with Crippen molar-refractivity contribution in [3.05, 3.63) is 29.3 Å². The molecule has 5 nitrogen and oxygen atoms in total. The summed E-state index contributed by atoms with van der Waals surface area (Å²) in [5.74, 6) is 0.288. The molecular weight excluding hydrogens is 304 g/mol. The molecule has 1 unspecified atom stereocenters. The summed E-state index contributed by atoms with van der Waals surface area (Å²) in [4.78, 5) is 24.0. The number of anilines is 1. The molecule has 0 radical (unpaired) electrons. The lowest BCUT2D eigenvalue weighted by Gasteiger charge is -2.15. The lowest BCUT2D eigenvalue weighted by Crippen LogP contribution is -2.28. The van der Waals surface area contributed by atoms with Gasteiger partial charge in [0, 0.05) is 24.2 Å². The van der Waals surface area contributed by atoms with Gasteiger partial charge in [-0.1, -0.05) is 27.7 Å². The van der Waals surface area contributed by atoms with Crippen LogP contribution in [0.15, 0.2) is 18.2 Å². The zero-order valence-electron chi connectivity index (χ0n) is 15.3. The van der Waals surface area contributed by atoms with Gasteiger partial charge in [-0.15, -0.1) is 0 Å². The minimum Gasteiger partial charge on any atom is -0.393 e. The van der Waals surface area contributed by atoms with Crippen LogP contribution in [0.4, 0.5) is 5.69 Å². The Labute approximate surface area is 144 Å². The molecule has 1 aromatic carbocycles. The number of rotatable bonds is 8. The Morgan fingerprint density at radius 2 is 1.83 bits per heavy atom. The normalized spacial score (nSPS) is 12.3. The number of aliphatic hydroxyl groups is 1. The lowest BCUT2D eigenvalue weighted by atomic mass is 10.0. The van der Waals surface area contributed by atoms with Gasteiger partial charge in [0.15, 0.2) is 0 Å². The van der Waals surface area contributed by atoms with Crippen LogP contribution in [0.3, 0.4) is 0 Å². The molecule has 0 aliphatic rings. The minimum atomic E-state index is -0.411. The monoisotopic (exact) mass is 334 g/mol. The van der Waals surface area contributed by atoms with E-state index in [-0.39, 0.29) is 17.7 Å². The molecule has 24 heavy (non-hydrogen) atoms. The van der Waals surface area contributed by atoms with Gasteiger partial charge in [0.1, 0.15) is 0 Å². The fourth-order valence-electron chi connectivity index (χ4n) is 2.29. The third-order valence-corrected chi connectivity index (χ3v) is 3.85. The largest absolute Gasteiger partial charge is 0.393 e. The van der Waals surface area contributed by atoms with Crippen molar-refractivity contribution in [2.75, 3.05) is 11.9 Å². The summed E-state index contributed by atoms with van der Waals surface area (Å²) in [5, 5.41) is 15.4. The number of amides is 2. The van der Waals surface area contributed by atoms with E-state index in [2.05, 4.69) is 10.6 Å². The highest BCUT2D eigenvalue weighted by Crippen LogP contribution is 2.17. The zero-order chi connectivity index (χ0) is 18.3. The summed E-state index contributed by atoms with van der Waals surface area (Å²) in [7, 11) is 0. The molecule has 0 spiro atoms. The van der Waals surface area contributed by atoms with Crippen molar-refractivity contribution in [2.45, 2.75) is 53.6 Å². The lowest BCUT2D eigenvalue weighted by molar-refractivity contribution is -0.116. The van der Waals surface area contributed by atoms with E-state index in [9.17, 15) is 14.7 Å². The molecule has 3 N–H and O–H groups in total. The number of nitrogens with one attached hydrogen (secondary N) is 2. The van der Waals surface area contributed by atoms with Gasteiger partial charge < -0.3 is 15.7 Å². The number of carbonyl (C=O) groups is 2. The van der Waals surface area contributed by atoms with Gasteiger partial charge in [0.25, 0.3) is 5.91 Å². The van der Waals surface area contributed by atoms with E-state index in [1.165, 1.54) is 0 Å². The van der Waals surface area contributed by atoms with Crippen molar-refractivity contribution in [3.63, 3.8) is 0 Å². The molecule has 0 aromatic heterocycles. The summed E-state index contributed by atoms with van der Waals surface area (Å²) in [6.45, 7) is 10.2. The minimum absolute atomic E-state index is 0.0204. The molecule has 0 fully saturated rings. The third-order valence-electron chi connectivity index (χ3n) is 3.85. The first kappa shape index (κ1) is 20.2. The van der Waals surface area contributed by atoms with Crippen molar-refractivity contribution in [1.29, 1.82) is 0 Å². The molecule has 0 bridgehead atoms. The summed E-state index contributed by atoms with van der Waals surface area (Å²) in [5.41, 5.74) is 2.13. The number of aryl methyl sites for hydroxylation is 1. The second-order valence-electron chi connectivity index (χ2n) is 7.03. The molecule has 2 amide bonds. The van der Waals surface area contributed by atoms with Crippen LogP contribution >= 0.6 is 0 Å². The first-order chi connectivity index (χ1) is 11.2. The second-order valence-corrected chi connectivity index (χ2v) is 7.03. The van der Waals surface area contributed by atoms with Crippen LogP contribution in [0.2, 0.25) is 0 Å². The standard InChI is InChI=1S/C19H30N2O3/c1-12(2)10-18(23)21-16-7-6-15(11-14(16)5)19(24)20-9-8-17(22)13(3)4/h6-7,11-13,17,22H,8-10H2,1-5H3,(H,20,24)(H,21,23). The van der Waals surface area contributed by atoms with Crippen LogP contribution < -0.4 is 10.6 Å². The van der Waals surface area contributed by atoms with Crippen molar-refractivity contribution < 1.29 is 14.7 Å². The Morgan fingerprint density at radius 1 is 1.17 bits per heavy atom. The van der Waals surface area contributed by atoms with Gasteiger partial charge in [-0.25, -0.2) is 0 Å². The van der Waals surface area contributed by atoms with Gasteiger partial charge in [-0.2, -0.15) is 0 Å². The zero-order valence-corrected chi connectivity index (χ0v) is 15.3.